The van der Waals surface area contributed by atoms with Crippen molar-refractivity contribution in [1.82, 2.24) is 4.90 Å². The number of carbonyl (C=O) groups excluding carboxylic acids is 2. The van der Waals surface area contributed by atoms with E-state index in [0.717, 1.165) is 42.7 Å². The van der Waals surface area contributed by atoms with E-state index in [2.05, 4.69) is 10.6 Å². The quantitative estimate of drug-likeness (QED) is 0.890. The summed E-state index contributed by atoms with van der Waals surface area (Å²) in [4.78, 5) is 25.5. The van der Waals surface area contributed by atoms with Crippen LogP contribution in [0.4, 0.5) is 11.4 Å². The Morgan fingerprint density at radius 3 is 2.67 bits per heavy atom. The average molecular weight is 287 g/mol. The van der Waals surface area contributed by atoms with Crippen LogP contribution in [0.25, 0.3) is 0 Å². The third-order valence-electron chi connectivity index (χ3n) is 4.21. The van der Waals surface area contributed by atoms with Crippen molar-refractivity contribution in [2.75, 3.05) is 24.2 Å². The Labute approximate surface area is 124 Å². The Hall–Kier alpha value is -2.04. The Bertz CT molecular complexity index is 581. The van der Waals surface area contributed by atoms with Crippen LogP contribution in [-0.2, 0) is 9.59 Å². The second-order valence-electron chi connectivity index (χ2n) is 6.04. The lowest BCUT2D eigenvalue weighted by Crippen LogP contribution is -2.31. The van der Waals surface area contributed by atoms with Gasteiger partial charge in [-0.2, -0.15) is 0 Å². The molecule has 1 aromatic rings. The van der Waals surface area contributed by atoms with Crippen molar-refractivity contribution in [3.05, 3.63) is 23.8 Å². The number of carbonyl (C=O) groups is 2. The molecule has 1 aliphatic heterocycles. The Morgan fingerprint density at radius 1 is 1.29 bits per heavy atom. The molecule has 0 spiro atoms. The second kappa shape index (κ2) is 5.39. The third-order valence-corrected chi connectivity index (χ3v) is 4.21. The van der Waals surface area contributed by atoms with Crippen LogP contribution in [0, 0.1) is 12.8 Å². The summed E-state index contributed by atoms with van der Waals surface area (Å²) >= 11 is 0. The number of benzene rings is 1. The molecule has 21 heavy (non-hydrogen) atoms. The second-order valence-corrected chi connectivity index (χ2v) is 6.04. The molecular formula is C16H21N3O2. The van der Waals surface area contributed by atoms with Crippen molar-refractivity contribution in [3.63, 3.8) is 0 Å². The van der Waals surface area contributed by atoms with Gasteiger partial charge in [-0.05, 0) is 43.9 Å². The predicted molar refractivity (Wildman–Crippen MR) is 82.2 cm³/mol. The fourth-order valence-corrected chi connectivity index (χ4v) is 2.59. The van der Waals surface area contributed by atoms with Gasteiger partial charge in [-0.3, -0.25) is 9.59 Å². The molecule has 2 amide bonds. The van der Waals surface area contributed by atoms with Crippen LogP contribution in [0.5, 0.6) is 0 Å². The summed E-state index contributed by atoms with van der Waals surface area (Å²) in [6, 6.07) is 5.63. The minimum Gasteiger partial charge on any atom is -0.373 e. The summed E-state index contributed by atoms with van der Waals surface area (Å²) in [7, 11) is 1.82. The molecule has 112 valence electrons. The zero-order chi connectivity index (χ0) is 15.0. The van der Waals surface area contributed by atoms with Crippen molar-refractivity contribution in [2.45, 2.75) is 32.2 Å². The minimum atomic E-state index is -0.164. The first-order chi connectivity index (χ1) is 10.0. The van der Waals surface area contributed by atoms with Crippen LogP contribution in [0.15, 0.2) is 18.2 Å². The van der Waals surface area contributed by atoms with E-state index in [4.69, 9.17) is 0 Å². The molecule has 1 saturated heterocycles. The van der Waals surface area contributed by atoms with Crippen LogP contribution in [0.3, 0.4) is 0 Å². The standard InChI is InChI=1S/C16H21N3O2/c1-10-3-6-12(17-15(20)11-4-5-11)9-14(10)18-13-7-8-19(2)16(13)21/h3,6,9,11,13,18H,4-5,7-8H2,1-2H3,(H,17,20)/t13-/m1/s1. The zero-order valence-corrected chi connectivity index (χ0v) is 12.5. The van der Waals surface area contributed by atoms with E-state index >= 15 is 0 Å². The van der Waals surface area contributed by atoms with Gasteiger partial charge in [0.05, 0.1) is 0 Å². The van der Waals surface area contributed by atoms with Gasteiger partial charge in [0.25, 0.3) is 0 Å². The normalized spacial score (nSPS) is 21.5. The molecule has 1 aromatic carbocycles. The molecule has 1 atom stereocenters. The number of hydrogen-bond donors (Lipinski definition) is 2. The highest BCUT2D eigenvalue weighted by molar-refractivity contribution is 5.94. The molecule has 0 radical (unpaired) electrons. The Morgan fingerprint density at radius 2 is 2.05 bits per heavy atom. The maximum Gasteiger partial charge on any atom is 0.244 e. The summed E-state index contributed by atoms with van der Waals surface area (Å²) in [6.07, 6.45) is 2.80. The summed E-state index contributed by atoms with van der Waals surface area (Å²) in [5.41, 5.74) is 2.78. The largest absolute Gasteiger partial charge is 0.373 e. The molecule has 2 aliphatic rings. The van der Waals surface area contributed by atoms with Crippen molar-refractivity contribution in [3.8, 4) is 0 Å². The van der Waals surface area contributed by atoms with E-state index in [1.807, 2.05) is 32.2 Å². The first-order valence-electron chi connectivity index (χ1n) is 7.47. The van der Waals surface area contributed by atoms with E-state index in [1.54, 1.807) is 4.90 Å². The van der Waals surface area contributed by atoms with Crippen molar-refractivity contribution in [2.24, 2.45) is 5.92 Å². The molecule has 5 nitrogen and oxygen atoms in total. The van der Waals surface area contributed by atoms with Gasteiger partial charge in [-0.15, -0.1) is 0 Å². The Balaban J connectivity index is 1.71. The van der Waals surface area contributed by atoms with Crippen LogP contribution >= 0.6 is 0 Å². The molecule has 5 heteroatoms. The van der Waals surface area contributed by atoms with E-state index in [0.29, 0.717) is 0 Å². The molecule has 1 aliphatic carbocycles. The van der Waals surface area contributed by atoms with Crippen LogP contribution in [0.2, 0.25) is 0 Å². The smallest absolute Gasteiger partial charge is 0.244 e. The molecular weight excluding hydrogens is 266 g/mol. The summed E-state index contributed by atoms with van der Waals surface area (Å²) in [6.45, 7) is 2.78. The topological polar surface area (TPSA) is 61.4 Å². The van der Waals surface area contributed by atoms with Gasteiger partial charge in [0.15, 0.2) is 0 Å². The van der Waals surface area contributed by atoms with Crippen molar-refractivity contribution >= 4 is 23.2 Å². The van der Waals surface area contributed by atoms with Gasteiger partial charge in [-0.1, -0.05) is 6.07 Å². The highest BCUT2D eigenvalue weighted by Crippen LogP contribution is 2.31. The Kier molecular flexibility index (Phi) is 3.57. The highest BCUT2D eigenvalue weighted by atomic mass is 16.2. The van der Waals surface area contributed by atoms with Gasteiger partial charge >= 0.3 is 0 Å². The third kappa shape index (κ3) is 3.01. The van der Waals surface area contributed by atoms with E-state index in [1.165, 1.54) is 0 Å². The van der Waals surface area contributed by atoms with Crippen molar-refractivity contribution < 1.29 is 9.59 Å². The van der Waals surface area contributed by atoms with E-state index < -0.39 is 0 Å². The number of rotatable bonds is 4. The molecule has 3 rings (SSSR count). The molecule has 0 unspecified atom stereocenters. The SMILES string of the molecule is Cc1ccc(NC(=O)C2CC2)cc1N[C@@H]1CCN(C)C1=O. The van der Waals surface area contributed by atoms with Crippen molar-refractivity contribution in [1.29, 1.82) is 0 Å². The lowest BCUT2D eigenvalue weighted by molar-refractivity contribution is -0.127. The van der Waals surface area contributed by atoms with Crippen LogP contribution in [0.1, 0.15) is 24.8 Å². The minimum absolute atomic E-state index is 0.0986. The number of hydrogen-bond acceptors (Lipinski definition) is 3. The number of likely N-dealkylation sites (N-methyl/N-ethyl adjacent to an activating group) is 1. The lowest BCUT2D eigenvalue weighted by atomic mass is 10.1. The summed E-state index contributed by atoms with van der Waals surface area (Å²) in [5, 5.41) is 6.25. The zero-order valence-electron chi connectivity index (χ0n) is 12.5. The average Bonchev–Trinajstić information content (AvgIpc) is 3.25. The summed E-state index contributed by atoms with van der Waals surface area (Å²) in [5.74, 6) is 0.413. The van der Waals surface area contributed by atoms with Crippen LogP contribution < -0.4 is 10.6 Å². The molecule has 0 aromatic heterocycles. The molecule has 1 saturated carbocycles. The maximum atomic E-state index is 12.0. The maximum absolute atomic E-state index is 12.0. The predicted octanol–water partition coefficient (Wildman–Crippen LogP) is 1.99. The first kappa shape index (κ1) is 13.9. The lowest BCUT2D eigenvalue weighted by Gasteiger charge is -2.16. The number of amides is 2. The highest BCUT2D eigenvalue weighted by Gasteiger charge is 2.30. The molecule has 0 bridgehead atoms. The molecule has 2 fully saturated rings. The van der Waals surface area contributed by atoms with Gasteiger partial charge in [0.1, 0.15) is 6.04 Å². The molecule has 1 heterocycles. The monoisotopic (exact) mass is 287 g/mol. The fraction of sp³-hybridized carbons (Fsp3) is 0.500. The van der Waals surface area contributed by atoms with Gasteiger partial charge in [0, 0.05) is 30.9 Å². The van der Waals surface area contributed by atoms with Crippen LogP contribution in [-0.4, -0.2) is 36.3 Å². The summed E-state index contributed by atoms with van der Waals surface area (Å²) < 4.78 is 0. The number of nitrogens with one attached hydrogen (secondary N) is 2. The van der Waals surface area contributed by atoms with E-state index in [9.17, 15) is 9.59 Å². The van der Waals surface area contributed by atoms with Gasteiger partial charge in [-0.25, -0.2) is 0 Å². The van der Waals surface area contributed by atoms with Gasteiger partial charge < -0.3 is 15.5 Å². The number of likely N-dealkylation sites (tertiary alicyclic amines) is 1. The fourth-order valence-electron chi connectivity index (χ4n) is 2.59. The van der Waals surface area contributed by atoms with E-state index in [-0.39, 0.29) is 23.8 Å². The first-order valence-corrected chi connectivity index (χ1v) is 7.47. The van der Waals surface area contributed by atoms with Gasteiger partial charge in [0.2, 0.25) is 11.8 Å². The number of anilines is 2. The molecule has 2 N–H and O–H groups in total. The number of nitrogens with zero attached hydrogens (tertiary/aromatic N) is 1. The number of aryl methyl sites for hydroxylation is 1.